The van der Waals surface area contributed by atoms with Gasteiger partial charge < -0.3 is 18.9 Å². The van der Waals surface area contributed by atoms with E-state index in [9.17, 15) is 0 Å². The second kappa shape index (κ2) is 11.5. The Bertz CT molecular complexity index is 1250. The van der Waals surface area contributed by atoms with E-state index in [1.165, 1.54) is 5.56 Å². The number of hydrogen-bond donors (Lipinski definition) is 0. The maximum Gasteiger partial charge on any atom is 0.184 e. The van der Waals surface area contributed by atoms with Gasteiger partial charge >= 0.3 is 0 Å². The third-order valence-electron chi connectivity index (χ3n) is 7.53. The monoisotopic (exact) mass is 484 g/mol. The first kappa shape index (κ1) is 24.2. The van der Waals surface area contributed by atoms with Crippen molar-refractivity contribution >= 4 is 16.7 Å². The highest BCUT2D eigenvalue weighted by Crippen LogP contribution is 2.41. The van der Waals surface area contributed by atoms with Crippen molar-refractivity contribution in [1.82, 2.24) is 5.16 Å². The highest BCUT2D eigenvalue weighted by atomic mass is 16.5. The van der Waals surface area contributed by atoms with Crippen LogP contribution in [-0.4, -0.2) is 32.0 Å². The predicted molar refractivity (Wildman–Crippen MR) is 145 cm³/mol. The molecule has 1 aromatic heterocycles. The van der Waals surface area contributed by atoms with Gasteiger partial charge in [-0.1, -0.05) is 67.0 Å². The summed E-state index contributed by atoms with van der Waals surface area (Å²) in [4.78, 5) is 2.41. The molecule has 3 aromatic carbocycles. The topological polar surface area (TPSA) is 47.7 Å². The zero-order chi connectivity index (χ0) is 24.7. The lowest BCUT2D eigenvalue weighted by molar-refractivity contribution is 0.227. The van der Waals surface area contributed by atoms with Gasteiger partial charge in [-0.3, -0.25) is 0 Å². The summed E-state index contributed by atoms with van der Waals surface area (Å²) in [7, 11) is 1.74. The van der Waals surface area contributed by atoms with Gasteiger partial charge in [0.2, 0.25) is 0 Å². The van der Waals surface area contributed by atoms with Crippen LogP contribution in [0, 0.1) is 5.92 Å². The minimum atomic E-state index is 0.408. The molecule has 1 atom stereocenters. The fourth-order valence-corrected chi connectivity index (χ4v) is 5.29. The fourth-order valence-electron chi connectivity index (χ4n) is 5.29. The zero-order valence-electron chi connectivity index (χ0n) is 21.4. The SMILES string of the molecule is CCC(CCc1ccccc1)COc1cccc(N2CCC(c3noc4ccccc34)CC2)c1OC. The van der Waals surface area contributed by atoms with Crippen molar-refractivity contribution in [2.24, 2.45) is 5.92 Å². The zero-order valence-corrected chi connectivity index (χ0v) is 21.4. The third-order valence-corrected chi connectivity index (χ3v) is 7.53. The molecule has 0 bridgehead atoms. The summed E-state index contributed by atoms with van der Waals surface area (Å²) in [5, 5.41) is 5.55. The minimum absolute atomic E-state index is 0.408. The second-order valence-electron chi connectivity index (χ2n) is 9.74. The van der Waals surface area contributed by atoms with Gasteiger partial charge in [0.05, 0.1) is 25.1 Å². The number of rotatable bonds is 10. The van der Waals surface area contributed by atoms with Crippen molar-refractivity contribution in [1.29, 1.82) is 0 Å². The van der Waals surface area contributed by atoms with Crippen LogP contribution >= 0.6 is 0 Å². The Labute approximate surface area is 214 Å². The Balaban J connectivity index is 1.22. The number of aromatic nitrogens is 1. The van der Waals surface area contributed by atoms with Crippen LogP contribution in [0.5, 0.6) is 11.5 Å². The molecule has 2 heterocycles. The largest absolute Gasteiger partial charge is 0.491 e. The Morgan fingerprint density at radius 3 is 2.53 bits per heavy atom. The van der Waals surface area contributed by atoms with E-state index in [0.29, 0.717) is 18.4 Å². The first-order chi connectivity index (χ1) is 17.8. The Kier molecular flexibility index (Phi) is 7.75. The van der Waals surface area contributed by atoms with Crippen LogP contribution < -0.4 is 14.4 Å². The van der Waals surface area contributed by atoms with Crippen molar-refractivity contribution in [2.45, 2.75) is 44.9 Å². The molecule has 1 fully saturated rings. The number of hydrogen-bond acceptors (Lipinski definition) is 5. The first-order valence-corrected chi connectivity index (χ1v) is 13.2. The molecule has 0 spiro atoms. The number of ether oxygens (including phenoxy) is 2. The number of methoxy groups -OCH3 is 1. The number of benzene rings is 3. The Morgan fingerprint density at radius 2 is 1.75 bits per heavy atom. The van der Waals surface area contributed by atoms with Gasteiger partial charge in [0.1, 0.15) is 0 Å². The highest BCUT2D eigenvalue weighted by Gasteiger charge is 2.27. The predicted octanol–water partition coefficient (Wildman–Crippen LogP) is 7.26. The summed E-state index contributed by atoms with van der Waals surface area (Å²) in [6.07, 6.45) is 5.35. The van der Waals surface area contributed by atoms with Gasteiger partial charge in [0.25, 0.3) is 0 Å². The molecule has 188 valence electrons. The molecule has 0 aliphatic carbocycles. The summed E-state index contributed by atoms with van der Waals surface area (Å²) in [5.41, 5.74) is 4.46. The van der Waals surface area contributed by atoms with Gasteiger partial charge in [-0.15, -0.1) is 0 Å². The van der Waals surface area contributed by atoms with Crippen LogP contribution in [0.25, 0.3) is 11.0 Å². The second-order valence-corrected chi connectivity index (χ2v) is 9.74. The molecule has 0 radical (unpaired) electrons. The normalized spacial score (nSPS) is 15.2. The number of piperidine rings is 1. The molecule has 5 rings (SSSR count). The van der Waals surface area contributed by atoms with E-state index >= 15 is 0 Å². The van der Waals surface area contributed by atoms with Crippen LogP contribution in [0.4, 0.5) is 5.69 Å². The Morgan fingerprint density at radius 1 is 0.972 bits per heavy atom. The molecule has 1 aliphatic heterocycles. The summed E-state index contributed by atoms with van der Waals surface area (Å²) in [5.74, 6) is 2.58. The Hall–Kier alpha value is -3.47. The summed E-state index contributed by atoms with van der Waals surface area (Å²) in [6, 6.07) is 25.1. The molecular weight excluding hydrogens is 448 g/mol. The number of fused-ring (bicyclic) bond motifs is 1. The van der Waals surface area contributed by atoms with Crippen molar-refractivity contribution < 1.29 is 14.0 Å². The van der Waals surface area contributed by atoms with Gasteiger partial charge in [-0.2, -0.15) is 0 Å². The summed E-state index contributed by atoms with van der Waals surface area (Å²) >= 11 is 0. The average Bonchev–Trinajstić information content (AvgIpc) is 3.38. The van der Waals surface area contributed by atoms with Crippen LogP contribution in [0.1, 0.15) is 49.8 Å². The van der Waals surface area contributed by atoms with Crippen LogP contribution in [0.15, 0.2) is 77.3 Å². The number of para-hydroxylation sites is 2. The van der Waals surface area contributed by atoms with Gasteiger partial charge in [-0.25, -0.2) is 0 Å². The number of aryl methyl sites for hydroxylation is 1. The van der Waals surface area contributed by atoms with E-state index in [-0.39, 0.29) is 0 Å². The van der Waals surface area contributed by atoms with E-state index in [0.717, 1.165) is 79.0 Å². The van der Waals surface area contributed by atoms with E-state index in [4.69, 9.17) is 14.0 Å². The third kappa shape index (κ3) is 5.35. The van der Waals surface area contributed by atoms with Crippen LogP contribution in [-0.2, 0) is 6.42 Å². The lowest BCUT2D eigenvalue weighted by Crippen LogP contribution is -2.33. The van der Waals surface area contributed by atoms with E-state index in [2.05, 4.69) is 71.6 Å². The van der Waals surface area contributed by atoms with Crippen molar-refractivity contribution in [3.63, 3.8) is 0 Å². The van der Waals surface area contributed by atoms with Crippen molar-refractivity contribution in [3.8, 4) is 11.5 Å². The molecular formula is C31H36N2O3. The van der Waals surface area contributed by atoms with Gasteiger partial charge in [0.15, 0.2) is 17.1 Å². The molecule has 1 unspecified atom stereocenters. The summed E-state index contributed by atoms with van der Waals surface area (Å²) in [6.45, 7) is 4.83. The average molecular weight is 485 g/mol. The molecule has 5 nitrogen and oxygen atoms in total. The fraction of sp³-hybridized carbons (Fsp3) is 0.387. The van der Waals surface area contributed by atoms with Gasteiger partial charge in [-0.05, 0) is 61.4 Å². The lowest BCUT2D eigenvalue weighted by atomic mass is 9.91. The van der Waals surface area contributed by atoms with Gasteiger partial charge in [0, 0.05) is 24.4 Å². The number of nitrogens with zero attached hydrogens (tertiary/aromatic N) is 2. The molecule has 4 aromatic rings. The maximum absolute atomic E-state index is 6.36. The highest BCUT2D eigenvalue weighted by molar-refractivity contribution is 5.79. The van der Waals surface area contributed by atoms with Crippen molar-refractivity contribution in [2.75, 3.05) is 31.7 Å². The standard InChI is InChI=1S/C31H36N2O3/c1-3-23(16-17-24-10-5-4-6-11-24)22-35-29-15-9-13-27(31(29)34-2)33-20-18-25(19-21-33)30-26-12-7-8-14-28(26)36-32-30/h4-15,23,25H,3,16-22H2,1-2H3. The molecule has 0 amide bonds. The quantitative estimate of drug-likeness (QED) is 0.237. The van der Waals surface area contributed by atoms with E-state index in [1.54, 1.807) is 7.11 Å². The lowest BCUT2D eigenvalue weighted by Gasteiger charge is -2.34. The molecule has 5 heteroatoms. The molecule has 36 heavy (non-hydrogen) atoms. The van der Waals surface area contributed by atoms with Crippen LogP contribution in [0.2, 0.25) is 0 Å². The molecule has 0 N–H and O–H groups in total. The molecule has 1 saturated heterocycles. The van der Waals surface area contributed by atoms with E-state index in [1.807, 2.05) is 18.2 Å². The molecule has 1 aliphatic rings. The van der Waals surface area contributed by atoms with E-state index < -0.39 is 0 Å². The summed E-state index contributed by atoms with van der Waals surface area (Å²) < 4.78 is 17.8. The maximum atomic E-state index is 6.36. The van der Waals surface area contributed by atoms with Crippen LogP contribution in [0.3, 0.4) is 0 Å². The van der Waals surface area contributed by atoms with Crippen molar-refractivity contribution in [3.05, 3.63) is 84.1 Å². The minimum Gasteiger partial charge on any atom is -0.491 e. The smallest absolute Gasteiger partial charge is 0.184 e. The molecule has 0 saturated carbocycles. The first-order valence-electron chi connectivity index (χ1n) is 13.2. The number of anilines is 1.